The quantitative estimate of drug-likeness (QED) is 0.811. The van der Waals surface area contributed by atoms with Crippen LogP contribution in [0.3, 0.4) is 0 Å². The third-order valence-corrected chi connectivity index (χ3v) is 4.44. The van der Waals surface area contributed by atoms with Crippen molar-refractivity contribution in [2.75, 3.05) is 13.7 Å². The number of methoxy groups -OCH3 is 1. The number of imide groups is 1. The van der Waals surface area contributed by atoms with Crippen LogP contribution in [0.5, 0.6) is 5.75 Å². The predicted octanol–water partition coefficient (Wildman–Crippen LogP) is 2.56. The number of hydrogen-bond donors (Lipinski definition) is 1. The molecule has 1 N–H and O–H groups in total. The van der Waals surface area contributed by atoms with E-state index in [9.17, 15) is 14.4 Å². The van der Waals surface area contributed by atoms with Crippen LogP contribution >= 0.6 is 0 Å². The van der Waals surface area contributed by atoms with Crippen molar-refractivity contribution in [1.29, 1.82) is 0 Å². The minimum Gasteiger partial charge on any atom is -0.497 e. The van der Waals surface area contributed by atoms with Crippen molar-refractivity contribution >= 4 is 17.7 Å². The number of nitrogens with zero attached hydrogens (tertiary/aromatic N) is 1. The van der Waals surface area contributed by atoms with Crippen LogP contribution < -0.4 is 10.1 Å². The number of carbonyl (C=O) groups excluding carboxylic acids is 3. The average molecular weight is 352 g/mol. The van der Waals surface area contributed by atoms with Crippen LogP contribution in [0.4, 0.5) is 0 Å². The second-order valence-electron chi connectivity index (χ2n) is 6.04. The first-order valence-corrected chi connectivity index (χ1v) is 8.43. The lowest BCUT2D eigenvalue weighted by molar-refractivity contribution is -0.122. The maximum Gasteiger partial charge on any atom is 0.262 e. The van der Waals surface area contributed by atoms with Gasteiger partial charge in [0.25, 0.3) is 11.8 Å². The van der Waals surface area contributed by atoms with E-state index in [1.165, 1.54) is 0 Å². The Kier molecular flexibility index (Phi) is 5.02. The van der Waals surface area contributed by atoms with Crippen LogP contribution in [0.1, 0.15) is 45.7 Å². The van der Waals surface area contributed by atoms with Gasteiger partial charge in [0.05, 0.1) is 24.3 Å². The molecular formula is C20H20N2O4. The molecule has 0 bridgehead atoms. The topological polar surface area (TPSA) is 75.7 Å². The van der Waals surface area contributed by atoms with Gasteiger partial charge in [0.1, 0.15) is 12.3 Å². The van der Waals surface area contributed by atoms with Crippen molar-refractivity contribution in [3.8, 4) is 5.75 Å². The maximum absolute atomic E-state index is 12.4. The highest BCUT2D eigenvalue weighted by Crippen LogP contribution is 2.23. The van der Waals surface area contributed by atoms with Gasteiger partial charge in [0, 0.05) is 0 Å². The first-order valence-electron chi connectivity index (χ1n) is 8.43. The Balaban J connectivity index is 1.68. The molecule has 0 saturated heterocycles. The zero-order chi connectivity index (χ0) is 18.7. The molecule has 1 atom stereocenters. The van der Waals surface area contributed by atoms with E-state index in [0.717, 1.165) is 16.2 Å². The number of benzene rings is 2. The molecule has 0 spiro atoms. The summed E-state index contributed by atoms with van der Waals surface area (Å²) in [5.74, 6) is -0.500. The molecule has 134 valence electrons. The lowest BCUT2D eigenvalue weighted by Gasteiger charge is -2.20. The minimum absolute atomic E-state index is 0.205. The summed E-state index contributed by atoms with van der Waals surface area (Å²) in [6.45, 7) is 1.66. The van der Waals surface area contributed by atoms with Crippen LogP contribution in [0.25, 0.3) is 0 Å². The fourth-order valence-electron chi connectivity index (χ4n) is 3.02. The van der Waals surface area contributed by atoms with Crippen LogP contribution in [-0.4, -0.2) is 36.3 Å². The number of nitrogens with one attached hydrogen (secondary N) is 1. The predicted molar refractivity (Wildman–Crippen MR) is 96.0 cm³/mol. The molecule has 0 aliphatic carbocycles. The van der Waals surface area contributed by atoms with Crippen molar-refractivity contribution in [1.82, 2.24) is 10.2 Å². The molecule has 3 rings (SSSR count). The van der Waals surface area contributed by atoms with Gasteiger partial charge in [0.2, 0.25) is 5.91 Å². The van der Waals surface area contributed by atoms with Crippen LogP contribution in [0.2, 0.25) is 0 Å². The molecule has 0 aromatic heterocycles. The van der Waals surface area contributed by atoms with E-state index in [4.69, 9.17) is 4.74 Å². The molecule has 1 aliphatic rings. The molecule has 26 heavy (non-hydrogen) atoms. The molecular weight excluding hydrogens is 332 g/mol. The molecule has 0 fully saturated rings. The van der Waals surface area contributed by atoms with Crippen molar-refractivity contribution in [2.45, 2.75) is 19.4 Å². The number of ether oxygens (including phenoxy) is 1. The van der Waals surface area contributed by atoms with Gasteiger partial charge in [0.15, 0.2) is 0 Å². The van der Waals surface area contributed by atoms with Gasteiger partial charge in [-0.3, -0.25) is 19.3 Å². The Morgan fingerprint density at radius 3 is 2.12 bits per heavy atom. The fraction of sp³-hybridized carbons (Fsp3) is 0.250. The second kappa shape index (κ2) is 7.39. The SMILES string of the molecule is CC[C@@H](NC(=O)CN1C(=O)c2ccccc2C1=O)c1ccc(OC)cc1. The van der Waals surface area contributed by atoms with Crippen molar-refractivity contribution in [3.63, 3.8) is 0 Å². The summed E-state index contributed by atoms with van der Waals surface area (Å²) in [5.41, 5.74) is 1.61. The van der Waals surface area contributed by atoms with Crippen molar-refractivity contribution < 1.29 is 19.1 Å². The number of amides is 3. The summed E-state index contributed by atoms with van der Waals surface area (Å²) in [4.78, 5) is 38.1. The van der Waals surface area contributed by atoms with E-state index in [0.29, 0.717) is 17.5 Å². The normalized spacial score (nSPS) is 14.2. The van der Waals surface area contributed by atoms with Crippen LogP contribution in [-0.2, 0) is 4.79 Å². The molecule has 3 amide bonds. The average Bonchev–Trinajstić information content (AvgIpc) is 2.91. The van der Waals surface area contributed by atoms with Crippen molar-refractivity contribution in [2.24, 2.45) is 0 Å². The lowest BCUT2D eigenvalue weighted by atomic mass is 10.0. The van der Waals surface area contributed by atoms with E-state index in [-0.39, 0.29) is 18.5 Å². The third kappa shape index (κ3) is 3.31. The summed E-state index contributed by atoms with van der Waals surface area (Å²) >= 11 is 0. The molecule has 6 nitrogen and oxygen atoms in total. The highest BCUT2D eigenvalue weighted by atomic mass is 16.5. The standard InChI is InChI=1S/C20H20N2O4/c1-3-17(13-8-10-14(26-2)11-9-13)21-18(23)12-22-19(24)15-6-4-5-7-16(15)20(22)25/h4-11,17H,3,12H2,1-2H3,(H,21,23)/t17-/m1/s1. The van der Waals surface area contributed by atoms with E-state index in [2.05, 4.69) is 5.32 Å². The van der Waals surface area contributed by atoms with Gasteiger partial charge in [-0.25, -0.2) is 0 Å². The highest BCUT2D eigenvalue weighted by Gasteiger charge is 2.36. The Morgan fingerprint density at radius 1 is 1.04 bits per heavy atom. The molecule has 1 aliphatic heterocycles. The summed E-state index contributed by atoms with van der Waals surface area (Å²) in [6.07, 6.45) is 0.681. The highest BCUT2D eigenvalue weighted by molar-refractivity contribution is 6.22. The smallest absolute Gasteiger partial charge is 0.262 e. The number of hydrogen-bond acceptors (Lipinski definition) is 4. The van der Waals surface area contributed by atoms with Gasteiger partial charge in [-0.1, -0.05) is 31.2 Å². The van der Waals surface area contributed by atoms with Crippen molar-refractivity contribution in [3.05, 3.63) is 65.2 Å². The molecule has 0 unspecified atom stereocenters. The van der Waals surface area contributed by atoms with E-state index in [1.807, 2.05) is 31.2 Å². The fourth-order valence-corrected chi connectivity index (χ4v) is 3.02. The molecule has 0 saturated carbocycles. The summed E-state index contributed by atoms with van der Waals surface area (Å²) in [7, 11) is 1.59. The first kappa shape index (κ1) is 17.7. The third-order valence-electron chi connectivity index (χ3n) is 4.44. The molecule has 2 aromatic rings. The Hall–Kier alpha value is -3.15. The zero-order valence-corrected chi connectivity index (χ0v) is 14.7. The maximum atomic E-state index is 12.4. The molecule has 6 heteroatoms. The summed E-state index contributed by atoms with van der Waals surface area (Å²) in [6, 6.07) is 13.8. The Labute approximate surface area is 151 Å². The molecule has 1 heterocycles. The van der Waals surface area contributed by atoms with Gasteiger partial charge < -0.3 is 10.1 Å². The van der Waals surface area contributed by atoms with Gasteiger partial charge >= 0.3 is 0 Å². The van der Waals surface area contributed by atoms with E-state index < -0.39 is 11.8 Å². The number of fused-ring (bicyclic) bond motifs is 1. The summed E-state index contributed by atoms with van der Waals surface area (Å²) < 4.78 is 5.14. The minimum atomic E-state index is -0.432. The van der Waals surface area contributed by atoms with Gasteiger partial charge in [-0.2, -0.15) is 0 Å². The van der Waals surface area contributed by atoms with Crippen LogP contribution in [0.15, 0.2) is 48.5 Å². The van der Waals surface area contributed by atoms with Crippen LogP contribution in [0, 0.1) is 0 Å². The van der Waals surface area contributed by atoms with E-state index in [1.54, 1.807) is 31.4 Å². The van der Waals surface area contributed by atoms with Gasteiger partial charge in [-0.05, 0) is 36.2 Å². The Bertz CT molecular complexity index is 810. The number of rotatable bonds is 6. The second-order valence-corrected chi connectivity index (χ2v) is 6.04. The Morgan fingerprint density at radius 2 is 1.62 bits per heavy atom. The zero-order valence-electron chi connectivity index (χ0n) is 14.7. The summed E-state index contributed by atoms with van der Waals surface area (Å²) in [5, 5.41) is 2.89. The molecule has 2 aromatic carbocycles. The number of carbonyl (C=O) groups is 3. The van der Waals surface area contributed by atoms with E-state index >= 15 is 0 Å². The van der Waals surface area contributed by atoms with Gasteiger partial charge in [-0.15, -0.1) is 0 Å². The largest absolute Gasteiger partial charge is 0.497 e. The first-order chi connectivity index (χ1) is 12.5. The monoisotopic (exact) mass is 352 g/mol. The lowest BCUT2D eigenvalue weighted by Crippen LogP contribution is -2.41. The molecule has 0 radical (unpaired) electrons.